The lowest BCUT2D eigenvalue weighted by Gasteiger charge is -2.53. The number of carbonyl (C=O) groups excluding carboxylic acids is 1. The fourth-order valence-corrected chi connectivity index (χ4v) is 4.34. The van der Waals surface area contributed by atoms with Crippen molar-refractivity contribution in [2.45, 2.75) is 106 Å². The van der Waals surface area contributed by atoms with Crippen molar-refractivity contribution in [3.8, 4) is 0 Å². The minimum absolute atomic E-state index is 0.681. The van der Waals surface area contributed by atoms with Gasteiger partial charge in [0.2, 0.25) is 17.5 Å². The maximum atomic E-state index is 12.3. The van der Waals surface area contributed by atoms with Gasteiger partial charge in [-0.1, -0.05) is 0 Å². The van der Waals surface area contributed by atoms with Gasteiger partial charge >= 0.3 is 5.97 Å². The van der Waals surface area contributed by atoms with Crippen LogP contribution in [0.4, 0.5) is 0 Å². The normalized spacial score (nSPS) is 39.1. The Balaban J connectivity index is 2.28. The predicted molar refractivity (Wildman–Crippen MR) is 126 cm³/mol. The highest BCUT2D eigenvalue weighted by Crippen LogP contribution is 2.42. The summed E-state index contributed by atoms with van der Waals surface area (Å²) in [5.74, 6) is -12.6. The number of amides is 1. The van der Waals surface area contributed by atoms with E-state index >= 15 is 0 Å². The topological polar surface area (TPSA) is 315 Å². The van der Waals surface area contributed by atoms with Gasteiger partial charge in [0.25, 0.3) is 5.79 Å². The molecule has 19 nitrogen and oxygen atoms in total. The number of aliphatic hydroxyl groups is 10. The van der Waals surface area contributed by atoms with Crippen molar-refractivity contribution in [2.24, 2.45) is 0 Å². The van der Waals surface area contributed by atoms with Crippen molar-refractivity contribution < 1.29 is 89.4 Å². The summed E-state index contributed by atoms with van der Waals surface area (Å²) >= 11 is 0. The molecule has 12 atom stereocenters. The third-order valence-electron chi connectivity index (χ3n) is 6.69. The molecule has 0 aromatic heterocycles. The Morgan fingerprint density at radius 3 is 2.15 bits per heavy atom. The molecule has 0 aromatic rings. The summed E-state index contributed by atoms with van der Waals surface area (Å²) in [6, 6.07) is -1.90. The molecule has 41 heavy (non-hydrogen) atoms. The number of ether oxygens (including phenoxy) is 5. The van der Waals surface area contributed by atoms with E-state index in [0.717, 1.165) is 6.92 Å². The molecule has 2 saturated heterocycles. The van der Waals surface area contributed by atoms with Crippen LogP contribution in [-0.2, 0) is 33.3 Å². The van der Waals surface area contributed by atoms with Crippen LogP contribution >= 0.6 is 0 Å². The van der Waals surface area contributed by atoms with Gasteiger partial charge in [-0.25, -0.2) is 4.79 Å². The summed E-state index contributed by atoms with van der Waals surface area (Å²) in [5, 5.41) is 113. The van der Waals surface area contributed by atoms with Gasteiger partial charge in [0.15, 0.2) is 12.6 Å². The van der Waals surface area contributed by atoms with Crippen molar-refractivity contribution in [2.75, 3.05) is 19.8 Å². The van der Waals surface area contributed by atoms with Gasteiger partial charge in [-0.05, 0) is 13.8 Å². The number of carbonyl (C=O) groups is 2. The zero-order valence-electron chi connectivity index (χ0n) is 22.4. The van der Waals surface area contributed by atoms with Crippen LogP contribution in [0.5, 0.6) is 0 Å². The molecule has 19 heteroatoms. The summed E-state index contributed by atoms with van der Waals surface area (Å²) < 4.78 is 26.2. The van der Waals surface area contributed by atoms with Crippen LogP contribution < -0.4 is 5.32 Å². The molecule has 8 unspecified atom stereocenters. The van der Waals surface area contributed by atoms with Crippen molar-refractivity contribution in [1.29, 1.82) is 0 Å². The summed E-state index contributed by atoms with van der Waals surface area (Å²) in [5.41, 5.74) is 0. The lowest BCUT2D eigenvalue weighted by molar-refractivity contribution is -0.463. The van der Waals surface area contributed by atoms with E-state index < -0.39 is 117 Å². The third-order valence-corrected chi connectivity index (χ3v) is 6.69. The molecule has 1 amide bonds. The highest BCUT2D eigenvalue weighted by Gasteiger charge is 2.66. The fraction of sp³-hybridized carbons (Fsp3) is 0.909. The quantitative estimate of drug-likeness (QED) is 0.0868. The van der Waals surface area contributed by atoms with E-state index in [1.807, 2.05) is 0 Å². The second-order valence-corrected chi connectivity index (χ2v) is 9.94. The number of carboxylic acids is 1. The van der Waals surface area contributed by atoms with Gasteiger partial charge in [-0.15, -0.1) is 0 Å². The van der Waals surface area contributed by atoms with Gasteiger partial charge in [-0.2, -0.15) is 0 Å². The molecular formula is C22H39NO18. The molecule has 0 saturated carbocycles. The van der Waals surface area contributed by atoms with Crippen molar-refractivity contribution in [3.05, 3.63) is 0 Å². The maximum absolute atomic E-state index is 12.3. The summed E-state index contributed by atoms with van der Waals surface area (Å²) in [6.45, 7) is 0.540. The molecule has 2 aliphatic rings. The van der Waals surface area contributed by atoms with E-state index in [1.54, 1.807) is 0 Å². The Labute approximate surface area is 233 Å². The molecule has 0 spiro atoms. The standard InChI is InChI=1S/C22H39NO18/c1-8(12(5-24)38-9(2)17(31)32)39-18-14(29)16(30)20(35,7-37-18)40-21(19(33)34)4-11(27)15(23-10(3)26)22(36,41-21)13(28)6-25/h8-9,11-18,24-25,27-32,35-36H,4-7H2,1-3H3,(H,23,26)(H,33,34)/t8-,9?,11+,12?,13?,14?,15?,16?,18?,20+,21+,22?/m0/s1. The Bertz CT molecular complexity index is 895. The van der Waals surface area contributed by atoms with Crippen LogP contribution in [0.15, 0.2) is 0 Å². The minimum atomic E-state index is -3.27. The highest BCUT2D eigenvalue weighted by molar-refractivity contribution is 5.77. The van der Waals surface area contributed by atoms with E-state index in [-0.39, 0.29) is 0 Å². The zero-order valence-corrected chi connectivity index (χ0v) is 22.4. The first-order valence-electron chi connectivity index (χ1n) is 12.5. The Hall–Kier alpha value is -1.66. The van der Waals surface area contributed by atoms with Crippen LogP contribution in [0.25, 0.3) is 0 Å². The molecule has 0 aromatic carbocycles. The molecule has 0 bridgehead atoms. The van der Waals surface area contributed by atoms with Gasteiger partial charge in [0.1, 0.15) is 43.2 Å². The zero-order chi connectivity index (χ0) is 31.5. The number of nitrogens with one attached hydrogen (secondary N) is 1. The molecule has 2 fully saturated rings. The lowest BCUT2D eigenvalue weighted by atomic mass is 9.87. The molecular weight excluding hydrogens is 566 g/mol. The number of aliphatic hydroxyl groups excluding tert-OH is 7. The first kappa shape index (κ1) is 35.5. The number of rotatable bonds is 13. The second-order valence-electron chi connectivity index (χ2n) is 9.94. The second kappa shape index (κ2) is 13.8. The Morgan fingerprint density at radius 2 is 1.66 bits per heavy atom. The Morgan fingerprint density at radius 1 is 1.05 bits per heavy atom. The van der Waals surface area contributed by atoms with Crippen LogP contribution in [0, 0.1) is 0 Å². The van der Waals surface area contributed by atoms with Crippen LogP contribution in [0.2, 0.25) is 0 Å². The van der Waals surface area contributed by atoms with E-state index in [9.17, 15) is 65.8 Å². The largest absolute Gasteiger partial charge is 0.477 e. The highest BCUT2D eigenvalue weighted by atomic mass is 16.8. The number of aliphatic carboxylic acids is 1. The smallest absolute Gasteiger partial charge is 0.364 e. The monoisotopic (exact) mass is 605 g/mol. The average molecular weight is 606 g/mol. The molecule has 2 aliphatic heterocycles. The molecule has 2 rings (SSSR count). The molecule has 0 aliphatic carbocycles. The van der Waals surface area contributed by atoms with Crippen molar-refractivity contribution >= 4 is 11.9 Å². The first-order chi connectivity index (χ1) is 18.9. The van der Waals surface area contributed by atoms with Crippen LogP contribution in [0.3, 0.4) is 0 Å². The van der Waals surface area contributed by atoms with E-state index in [4.69, 9.17) is 23.7 Å². The lowest BCUT2D eigenvalue weighted by Crippen LogP contribution is -2.76. The number of carboxylic acid groups (broad SMARTS) is 1. The minimum Gasteiger partial charge on any atom is -0.477 e. The molecule has 2 heterocycles. The van der Waals surface area contributed by atoms with E-state index in [1.165, 1.54) is 13.8 Å². The predicted octanol–water partition coefficient (Wildman–Crippen LogP) is -6.64. The first-order valence-corrected chi connectivity index (χ1v) is 12.5. The SMILES string of the molecule is CC(=O)NC1[C@H](O)C[C@](O[C@]2(O)COC(O[C@@H](C)C(CO)OC(C)C(O)O)C(O)C2O)(C(=O)O)OC1(O)C(O)CO. The Kier molecular flexibility index (Phi) is 11.9. The van der Waals surface area contributed by atoms with E-state index in [0.29, 0.717) is 0 Å². The van der Waals surface area contributed by atoms with Gasteiger partial charge in [0, 0.05) is 13.3 Å². The summed E-state index contributed by atoms with van der Waals surface area (Å²) in [7, 11) is 0. The number of hydrogen-bond acceptors (Lipinski definition) is 17. The van der Waals surface area contributed by atoms with Crippen molar-refractivity contribution in [1.82, 2.24) is 5.32 Å². The van der Waals surface area contributed by atoms with Crippen LogP contribution in [-0.4, -0.2) is 167 Å². The molecule has 0 radical (unpaired) electrons. The van der Waals surface area contributed by atoms with Gasteiger partial charge in [0.05, 0.1) is 25.4 Å². The van der Waals surface area contributed by atoms with Gasteiger partial charge in [-0.3, -0.25) is 4.79 Å². The third kappa shape index (κ3) is 7.65. The molecule has 240 valence electrons. The maximum Gasteiger partial charge on any atom is 0.364 e. The average Bonchev–Trinajstić information content (AvgIpc) is 2.88. The summed E-state index contributed by atoms with van der Waals surface area (Å²) in [6.07, 6.45) is -17.2. The van der Waals surface area contributed by atoms with Crippen molar-refractivity contribution in [3.63, 3.8) is 0 Å². The van der Waals surface area contributed by atoms with E-state index in [2.05, 4.69) is 5.32 Å². The number of hydrogen-bond donors (Lipinski definition) is 12. The molecule has 12 N–H and O–H groups in total. The van der Waals surface area contributed by atoms with Crippen LogP contribution in [0.1, 0.15) is 27.2 Å². The fourth-order valence-electron chi connectivity index (χ4n) is 4.34. The summed E-state index contributed by atoms with van der Waals surface area (Å²) in [4.78, 5) is 23.9. The van der Waals surface area contributed by atoms with Gasteiger partial charge < -0.3 is 85.2 Å².